The van der Waals surface area contributed by atoms with Crippen molar-refractivity contribution in [2.75, 3.05) is 0 Å². The Morgan fingerprint density at radius 3 is 1.63 bits per heavy atom. The Balaban J connectivity index is 3.53. The van der Waals surface area contributed by atoms with Crippen molar-refractivity contribution >= 4 is 0 Å². The minimum Gasteiger partial charge on any atom is -0.376 e. The van der Waals surface area contributed by atoms with Crippen LogP contribution in [0, 0.1) is 5.41 Å². The van der Waals surface area contributed by atoms with Crippen LogP contribution in [-0.4, -0.2) is 10.8 Å². The molecule has 0 amide bonds. The van der Waals surface area contributed by atoms with E-state index in [0.717, 1.165) is 6.42 Å². The van der Waals surface area contributed by atoms with Crippen molar-refractivity contribution in [3.8, 4) is 0 Å². The average molecular weight is 271 g/mol. The number of hydrogen-bond acceptors (Lipinski definition) is 2. The Morgan fingerprint density at radius 1 is 0.789 bits per heavy atom. The quantitative estimate of drug-likeness (QED) is 0.388. The molecule has 2 nitrogen and oxygen atoms in total. The van der Waals surface area contributed by atoms with Crippen molar-refractivity contribution in [3.63, 3.8) is 0 Å². The van der Waals surface area contributed by atoms with E-state index in [0.29, 0.717) is 6.42 Å². The van der Waals surface area contributed by atoms with Crippen LogP contribution in [0.1, 0.15) is 98.3 Å². The van der Waals surface area contributed by atoms with Gasteiger partial charge in [0.15, 0.2) is 0 Å². The topological polar surface area (TPSA) is 46.2 Å². The molecule has 0 aliphatic heterocycles. The monoisotopic (exact) mass is 271 g/mol. The van der Waals surface area contributed by atoms with E-state index >= 15 is 0 Å². The Kier molecular flexibility index (Phi) is 9.72. The third-order valence-corrected chi connectivity index (χ3v) is 4.62. The standard InChI is InChI=1S/C17H37NO/c1-5-7-8-9-10-11-12-13-14-15-16(3,4)17(18,19)6-2/h19H,5-15,18H2,1-4H3. The van der Waals surface area contributed by atoms with Crippen LogP contribution in [0.3, 0.4) is 0 Å². The molecule has 1 unspecified atom stereocenters. The minimum absolute atomic E-state index is 0.178. The zero-order valence-corrected chi connectivity index (χ0v) is 13.8. The highest BCUT2D eigenvalue weighted by Gasteiger charge is 2.37. The fraction of sp³-hybridized carbons (Fsp3) is 1.00. The molecule has 1 atom stereocenters. The second-order valence-corrected chi connectivity index (χ2v) is 6.74. The zero-order chi connectivity index (χ0) is 14.8. The third-order valence-electron chi connectivity index (χ3n) is 4.62. The summed E-state index contributed by atoms with van der Waals surface area (Å²) in [4.78, 5) is 0. The largest absolute Gasteiger partial charge is 0.376 e. The lowest BCUT2D eigenvalue weighted by Gasteiger charge is -2.39. The molecule has 0 radical (unpaired) electrons. The van der Waals surface area contributed by atoms with E-state index in [4.69, 9.17) is 5.73 Å². The number of aliphatic hydroxyl groups is 1. The van der Waals surface area contributed by atoms with Gasteiger partial charge in [0.2, 0.25) is 0 Å². The summed E-state index contributed by atoms with van der Waals surface area (Å²) in [6.07, 6.45) is 13.7. The Bertz CT molecular complexity index is 211. The molecular formula is C17H37NO. The molecule has 3 N–H and O–H groups in total. The van der Waals surface area contributed by atoms with Gasteiger partial charge in [-0.25, -0.2) is 0 Å². The zero-order valence-electron chi connectivity index (χ0n) is 13.8. The molecule has 0 heterocycles. The lowest BCUT2D eigenvalue weighted by molar-refractivity contribution is -0.0703. The van der Waals surface area contributed by atoms with Crippen molar-refractivity contribution in [1.29, 1.82) is 0 Å². The van der Waals surface area contributed by atoms with E-state index in [1.165, 1.54) is 57.8 Å². The van der Waals surface area contributed by atoms with E-state index < -0.39 is 5.72 Å². The first-order chi connectivity index (χ1) is 8.87. The van der Waals surface area contributed by atoms with Gasteiger partial charge >= 0.3 is 0 Å². The van der Waals surface area contributed by atoms with Crippen molar-refractivity contribution in [3.05, 3.63) is 0 Å². The van der Waals surface area contributed by atoms with Gasteiger partial charge in [0.1, 0.15) is 5.72 Å². The summed E-state index contributed by atoms with van der Waals surface area (Å²) in [5.74, 6) is 0. The normalized spacial score (nSPS) is 15.5. The lowest BCUT2D eigenvalue weighted by Crippen LogP contribution is -2.52. The van der Waals surface area contributed by atoms with Gasteiger partial charge in [-0.3, -0.25) is 0 Å². The number of unbranched alkanes of at least 4 members (excludes halogenated alkanes) is 8. The fourth-order valence-electron chi connectivity index (χ4n) is 2.57. The number of hydrogen-bond donors (Lipinski definition) is 2. The van der Waals surface area contributed by atoms with Crippen molar-refractivity contribution < 1.29 is 5.11 Å². The van der Waals surface area contributed by atoms with Crippen LogP contribution in [0.5, 0.6) is 0 Å². The molecule has 2 heteroatoms. The molecule has 116 valence electrons. The summed E-state index contributed by atoms with van der Waals surface area (Å²) in [5, 5.41) is 10.2. The second kappa shape index (κ2) is 9.77. The summed E-state index contributed by atoms with van der Waals surface area (Å²) in [7, 11) is 0. The lowest BCUT2D eigenvalue weighted by atomic mass is 9.76. The minimum atomic E-state index is -1.02. The summed E-state index contributed by atoms with van der Waals surface area (Å²) in [5.41, 5.74) is 4.76. The van der Waals surface area contributed by atoms with Crippen LogP contribution in [0.15, 0.2) is 0 Å². The molecule has 19 heavy (non-hydrogen) atoms. The van der Waals surface area contributed by atoms with E-state index in [1.54, 1.807) is 0 Å². The van der Waals surface area contributed by atoms with Crippen molar-refractivity contribution in [1.82, 2.24) is 0 Å². The summed E-state index contributed by atoms with van der Waals surface area (Å²) in [6, 6.07) is 0. The molecule has 0 bridgehead atoms. The van der Waals surface area contributed by atoms with E-state index in [9.17, 15) is 5.11 Å². The fourth-order valence-corrected chi connectivity index (χ4v) is 2.57. The van der Waals surface area contributed by atoms with Crippen LogP contribution in [0.25, 0.3) is 0 Å². The summed E-state index contributed by atoms with van der Waals surface area (Å²) in [6.45, 7) is 8.39. The van der Waals surface area contributed by atoms with Crippen LogP contribution in [0.2, 0.25) is 0 Å². The first-order valence-corrected chi connectivity index (χ1v) is 8.38. The van der Waals surface area contributed by atoms with Gasteiger partial charge < -0.3 is 10.8 Å². The van der Waals surface area contributed by atoms with Gasteiger partial charge in [-0.2, -0.15) is 0 Å². The second-order valence-electron chi connectivity index (χ2n) is 6.74. The van der Waals surface area contributed by atoms with Gasteiger partial charge in [-0.05, 0) is 12.8 Å². The van der Waals surface area contributed by atoms with Crippen LogP contribution in [-0.2, 0) is 0 Å². The molecule has 0 aliphatic rings. The average Bonchev–Trinajstić information content (AvgIpc) is 2.36. The Hall–Kier alpha value is -0.0800. The van der Waals surface area contributed by atoms with Gasteiger partial charge in [0.25, 0.3) is 0 Å². The van der Waals surface area contributed by atoms with Crippen molar-refractivity contribution in [2.24, 2.45) is 11.1 Å². The van der Waals surface area contributed by atoms with E-state index in [1.807, 2.05) is 6.92 Å². The molecule has 0 rings (SSSR count). The van der Waals surface area contributed by atoms with Crippen LogP contribution in [0.4, 0.5) is 0 Å². The smallest absolute Gasteiger partial charge is 0.118 e. The molecule has 0 fully saturated rings. The van der Waals surface area contributed by atoms with Gasteiger partial charge in [-0.15, -0.1) is 0 Å². The van der Waals surface area contributed by atoms with E-state index in [-0.39, 0.29) is 5.41 Å². The molecular weight excluding hydrogens is 234 g/mol. The maximum absolute atomic E-state index is 10.2. The Morgan fingerprint density at radius 2 is 1.21 bits per heavy atom. The third kappa shape index (κ3) is 7.94. The maximum atomic E-state index is 10.2. The van der Waals surface area contributed by atoms with Crippen LogP contribution < -0.4 is 5.73 Å². The molecule has 0 aromatic heterocycles. The van der Waals surface area contributed by atoms with Crippen LogP contribution >= 0.6 is 0 Å². The van der Waals surface area contributed by atoms with Crippen molar-refractivity contribution in [2.45, 2.75) is 104 Å². The predicted octanol–water partition coefficient (Wildman–Crippen LogP) is 4.99. The molecule has 0 spiro atoms. The maximum Gasteiger partial charge on any atom is 0.118 e. The first-order valence-electron chi connectivity index (χ1n) is 8.38. The van der Waals surface area contributed by atoms with E-state index in [2.05, 4.69) is 20.8 Å². The van der Waals surface area contributed by atoms with Gasteiger partial charge in [0, 0.05) is 5.41 Å². The predicted molar refractivity (Wildman–Crippen MR) is 85.1 cm³/mol. The molecule has 0 aliphatic carbocycles. The first kappa shape index (κ1) is 18.9. The van der Waals surface area contributed by atoms with Gasteiger partial charge in [-0.1, -0.05) is 85.5 Å². The number of nitrogens with two attached hydrogens (primary N) is 1. The molecule has 0 saturated carbocycles. The summed E-state index contributed by atoms with van der Waals surface area (Å²) >= 11 is 0. The highest BCUT2D eigenvalue weighted by Crippen LogP contribution is 2.34. The summed E-state index contributed by atoms with van der Waals surface area (Å²) < 4.78 is 0. The highest BCUT2D eigenvalue weighted by atomic mass is 16.3. The molecule has 0 aromatic carbocycles. The number of rotatable bonds is 12. The SMILES string of the molecule is CCCCCCCCCCCC(C)(C)C(N)(O)CC. The highest BCUT2D eigenvalue weighted by molar-refractivity contribution is 4.87. The Labute approximate surface area is 121 Å². The van der Waals surface area contributed by atoms with Gasteiger partial charge in [0.05, 0.1) is 0 Å². The molecule has 0 aromatic rings. The molecule has 0 saturated heterocycles.